The Hall–Kier alpha value is -0.520. The van der Waals surface area contributed by atoms with E-state index < -0.39 is 12.1 Å². The molecule has 1 aromatic rings. The van der Waals surface area contributed by atoms with E-state index in [1.165, 1.54) is 23.1 Å². The molecular weight excluding hydrogens is 220 g/mol. The molecule has 1 atom stereocenters. The third-order valence-electron chi connectivity index (χ3n) is 1.96. The van der Waals surface area contributed by atoms with E-state index in [2.05, 4.69) is 0 Å². The van der Waals surface area contributed by atoms with E-state index in [9.17, 15) is 9.90 Å². The number of aliphatic hydroxyl groups excluding tert-OH is 1. The molecule has 0 bridgehead atoms. The Morgan fingerprint density at radius 1 is 1.57 bits per heavy atom. The van der Waals surface area contributed by atoms with Crippen LogP contribution in [0.2, 0.25) is 0 Å². The van der Waals surface area contributed by atoms with Gasteiger partial charge in [0.15, 0.2) is 0 Å². The SMILES string of the molecule is CSc1sc(C(=O)O)c(C)c1C(C)O. The maximum absolute atomic E-state index is 10.8. The van der Waals surface area contributed by atoms with Gasteiger partial charge in [0, 0.05) is 5.56 Å². The van der Waals surface area contributed by atoms with Crippen molar-refractivity contribution in [3.05, 3.63) is 16.0 Å². The van der Waals surface area contributed by atoms with Crippen molar-refractivity contribution in [3.8, 4) is 0 Å². The first kappa shape index (κ1) is 11.6. The average Bonchev–Trinajstić information content (AvgIpc) is 2.42. The molecule has 14 heavy (non-hydrogen) atoms. The molecule has 0 fully saturated rings. The van der Waals surface area contributed by atoms with Crippen molar-refractivity contribution < 1.29 is 15.0 Å². The predicted octanol–water partition coefficient (Wildman–Crippen LogP) is 2.53. The number of carboxylic acids is 1. The Kier molecular flexibility index (Phi) is 3.58. The second kappa shape index (κ2) is 4.33. The molecule has 1 aromatic heterocycles. The summed E-state index contributed by atoms with van der Waals surface area (Å²) in [6, 6.07) is 0. The molecule has 0 radical (unpaired) electrons. The topological polar surface area (TPSA) is 57.5 Å². The number of hydrogen-bond donors (Lipinski definition) is 2. The van der Waals surface area contributed by atoms with Crippen LogP contribution < -0.4 is 0 Å². The molecule has 5 heteroatoms. The molecule has 0 aromatic carbocycles. The molecule has 0 saturated carbocycles. The van der Waals surface area contributed by atoms with Gasteiger partial charge in [-0.2, -0.15) is 0 Å². The molecule has 0 spiro atoms. The van der Waals surface area contributed by atoms with Crippen LogP contribution in [0, 0.1) is 6.92 Å². The van der Waals surface area contributed by atoms with E-state index >= 15 is 0 Å². The van der Waals surface area contributed by atoms with Gasteiger partial charge in [0.25, 0.3) is 0 Å². The van der Waals surface area contributed by atoms with Gasteiger partial charge in [-0.05, 0) is 25.7 Å². The summed E-state index contributed by atoms with van der Waals surface area (Å²) in [5, 5.41) is 18.4. The number of hydrogen-bond acceptors (Lipinski definition) is 4. The molecule has 0 aliphatic heterocycles. The van der Waals surface area contributed by atoms with Gasteiger partial charge in [-0.3, -0.25) is 0 Å². The van der Waals surface area contributed by atoms with Crippen molar-refractivity contribution >= 4 is 29.1 Å². The summed E-state index contributed by atoms with van der Waals surface area (Å²) in [6.45, 7) is 3.39. The molecule has 3 nitrogen and oxygen atoms in total. The standard InChI is InChI=1S/C9H12O3S2/c1-4-6(5(2)10)9(13-3)14-7(4)8(11)12/h5,10H,1-3H3,(H,11,12). The van der Waals surface area contributed by atoms with Gasteiger partial charge >= 0.3 is 5.97 Å². The molecule has 78 valence electrons. The Labute approximate surface area is 90.8 Å². The van der Waals surface area contributed by atoms with Crippen LogP contribution in [0.4, 0.5) is 0 Å². The zero-order valence-corrected chi connectivity index (χ0v) is 9.83. The van der Waals surface area contributed by atoms with E-state index in [0.717, 1.165) is 9.77 Å². The zero-order valence-electron chi connectivity index (χ0n) is 8.20. The minimum Gasteiger partial charge on any atom is -0.477 e. The number of aromatic carboxylic acids is 1. The highest BCUT2D eigenvalue weighted by atomic mass is 32.2. The zero-order chi connectivity index (χ0) is 10.9. The fourth-order valence-electron chi connectivity index (χ4n) is 1.34. The summed E-state index contributed by atoms with van der Waals surface area (Å²) in [5.41, 5.74) is 1.43. The third kappa shape index (κ3) is 1.94. The van der Waals surface area contributed by atoms with Crippen LogP contribution in [0.3, 0.4) is 0 Å². The fraction of sp³-hybridized carbons (Fsp3) is 0.444. The van der Waals surface area contributed by atoms with Gasteiger partial charge in [-0.15, -0.1) is 23.1 Å². The lowest BCUT2D eigenvalue weighted by atomic mass is 10.1. The molecule has 0 aliphatic carbocycles. The lowest BCUT2D eigenvalue weighted by Crippen LogP contribution is -1.98. The summed E-state index contributed by atoms with van der Waals surface area (Å²) in [7, 11) is 0. The number of carbonyl (C=O) groups is 1. The fourth-order valence-corrected chi connectivity index (χ4v) is 3.44. The Morgan fingerprint density at radius 3 is 2.43 bits per heavy atom. The molecular formula is C9H12O3S2. The van der Waals surface area contributed by atoms with Crippen LogP contribution in [0.1, 0.15) is 33.8 Å². The number of carboxylic acid groups (broad SMARTS) is 1. The maximum atomic E-state index is 10.8. The molecule has 1 rings (SSSR count). The van der Waals surface area contributed by atoms with Crippen LogP contribution in [0.25, 0.3) is 0 Å². The van der Waals surface area contributed by atoms with Crippen molar-refractivity contribution in [2.75, 3.05) is 6.26 Å². The van der Waals surface area contributed by atoms with E-state index in [-0.39, 0.29) is 0 Å². The van der Waals surface area contributed by atoms with Gasteiger partial charge in [-0.1, -0.05) is 0 Å². The second-order valence-corrected chi connectivity index (χ2v) is 5.04. The highest BCUT2D eigenvalue weighted by Crippen LogP contribution is 2.38. The highest BCUT2D eigenvalue weighted by molar-refractivity contribution is 8.00. The largest absolute Gasteiger partial charge is 0.477 e. The Bertz CT molecular complexity index is 355. The van der Waals surface area contributed by atoms with Gasteiger partial charge in [0.1, 0.15) is 4.88 Å². The Balaban J connectivity index is 3.33. The van der Waals surface area contributed by atoms with Crippen LogP contribution >= 0.6 is 23.1 Å². The lowest BCUT2D eigenvalue weighted by Gasteiger charge is -2.05. The molecule has 1 unspecified atom stereocenters. The quantitative estimate of drug-likeness (QED) is 0.786. The minimum absolute atomic E-state index is 0.324. The smallest absolute Gasteiger partial charge is 0.346 e. The van der Waals surface area contributed by atoms with Crippen LogP contribution in [0.15, 0.2) is 4.21 Å². The third-order valence-corrected chi connectivity index (χ3v) is 4.39. The van der Waals surface area contributed by atoms with E-state index in [4.69, 9.17) is 5.11 Å². The normalized spacial score (nSPS) is 12.9. The van der Waals surface area contributed by atoms with Crippen molar-refractivity contribution in [1.82, 2.24) is 0 Å². The summed E-state index contributed by atoms with van der Waals surface area (Å²) >= 11 is 2.70. The maximum Gasteiger partial charge on any atom is 0.346 e. The van der Waals surface area contributed by atoms with Gasteiger partial charge in [0.05, 0.1) is 10.3 Å². The Morgan fingerprint density at radius 2 is 2.14 bits per heavy atom. The van der Waals surface area contributed by atoms with E-state index in [1.54, 1.807) is 13.8 Å². The second-order valence-electron chi connectivity index (χ2n) is 2.94. The highest BCUT2D eigenvalue weighted by Gasteiger charge is 2.21. The molecule has 0 saturated heterocycles. The number of thioether (sulfide) groups is 1. The molecule has 0 amide bonds. The van der Waals surface area contributed by atoms with Gasteiger partial charge < -0.3 is 10.2 Å². The van der Waals surface area contributed by atoms with E-state index in [0.29, 0.717) is 10.4 Å². The average molecular weight is 232 g/mol. The molecule has 0 aliphatic rings. The number of rotatable bonds is 3. The lowest BCUT2D eigenvalue weighted by molar-refractivity contribution is 0.0701. The summed E-state index contributed by atoms with van der Waals surface area (Å²) in [4.78, 5) is 11.2. The first-order valence-corrected chi connectivity index (χ1v) is 6.11. The van der Waals surface area contributed by atoms with Crippen molar-refractivity contribution in [3.63, 3.8) is 0 Å². The number of aliphatic hydroxyl groups is 1. The number of thiophene rings is 1. The molecule has 1 heterocycles. The van der Waals surface area contributed by atoms with Gasteiger partial charge in [-0.25, -0.2) is 4.79 Å². The van der Waals surface area contributed by atoms with Crippen LogP contribution in [-0.4, -0.2) is 22.4 Å². The summed E-state index contributed by atoms with van der Waals surface area (Å²) < 4.78 is 0.884. The van der Waals surface area contributed by atoms with Crippen LogP contribution in [0.5, 0.6) is 0 Å². The van der Waals surface area contributed by atoms with Crippen molar-refractivity contribution in [1.29, 1.82) is 0 Å². The molecule has 2 N–H and O–H groups in total. The van der Waals surface area contributed by atoms with E-state index in [1.807, 2.05) is 6.26 Å². The van der Waals surface area contributed by atoms with Gasteiger partial charge in [0.2, 0.25) is 0 Å². The van der Waals surface area contributed by atoms with Crippen molar-refractivity contribution in [2.24, 2.45) is 0 Å². The predicted molar refractivity (Wildman–Crippen MR) is 58.4 cm³/mol. The monoisotopic (exact) mass is 232 g/mol. The minimum atomic E-state index is -0.922. The van der Waals surface area contributed by atoms with Crippen molar-refractivity contribution in [2.45, 2.75) is 24.2 Å². The first-order valence-electron chi connectivity index (χ1n) is 4.07. The summed E-state index contributed by atoms with van der Waals surface area (Å²) in [6.07, 6.45) is 1.27. The van der Waals surface area contributed by atoms with Crippen LogP contribution in [-0.2, 0) is 0 Å². The first-order chi connectivity index (χ1) is 6.49. The summed E-state index contributed by atoms with van der Waals surface area (Å²) in [5.74, 6) is -0.922.